The van der Waals surface area contributed by atoms with Crippen molar-refractivity contribution in [1.82, 2.24) is 0 Å². The van der Waals surface area contributed by atoms with E-state index in [-0.39, 0.29) is 80.0 Å². The molecule has 0 spiro atoms. The molecule has 12 N–H and O–H groups in total. The molecule has 108 valence electrons. The van der Waals surface area contributed by atoms with Crippen LogP contribution in [0.3, 0.4) is 0 Å². The number of hydrogen-bond donors (Lipinski definition) is 6. The summed E-state index contributed by atoms with van der Waals surface area (Å²) in [5.41, 5.74) is 29.4. The predicted octanol–water partition coefficient (Wildman–Crippen LogP) is -3.30. The molecule has 0 bridgehead atoms. The third-order valence-corrected chi connectivity index (χ3v) is 0.500. The van der Waals surface area contributed by atoms with E-state index in [9.17, 15) is 0 Å². The Balaban J connectivity index is -0.0000000135. The van der Waals surface area contributed by atoms with Crippen molar-refractivity contribution in [3.05, 3.63) is 0 Å². The predicted molar refractivity (Wildman–Crippen MR) is 54.3 cm³/mol. The van der Waals surface area contributed by atoms with Crippen molar-refractivity contribution in [2.75, 3.05) is 39.3 Å². The van der Waals surface area contributed by atoms with Crippen molar-refractivity contribution in [3.8, 4) is 0 Å². The van der Waals surface area contributed by atoms with Gasteiger partial charge in [0.1, 0.15) is 0 Å². The summed E-state index contributed by atoms with van der Waals surface area (Å²) in [5.74, 6) is 0. The van der Waals surface area contributed by atoms with E-state index in [4.69, 9.17) is 34.4 Å². The fraction of sp³-hybridized carbons (Fsp3) is 1.00. The SMILES string of the molecule is NCCN.NCCN.NCCN.[Ag].[Cu].[Mo].[Zn]. The van der Waals surface area contributed by atoms with Gasteiger partial charge in [-0.2, -0.15) is 0 Å². The third-order valence-electron chi connectivity index (χ3n) is 0.500. The second-order valence-electron chi connectivity index (χ2n) is 1.73. The fourth-order valence-corrected chi connectivity index (χ4v) is 0. The van der Waals surface area contributed by atoms with Crippen LogP contribution in [-0.4, -0.2) is 39.3 Å². The van der Waals surface area contributed by atoms with E-state index in [1.807, 2.05) is 0 Å². The zero-order valence-electron chi connectivity index (χ0n) is 9.43. The second kappa shape index (κ2) is 66.6. The molecule has 0 fully saturated rings. The Labute approximate surface area is 152 Å². The average molecular weight is 513 g/mol. The van der Waals surface area contributed by atoms with Gasteiger partial charge in [-0.25, -0.2) is 0 Å². The molecule has 0 aromatic rings. The van der Waals surface area contributed by atoms with Crippen LogP contribution >= 0.6 is 0 Å². The van der Waals surface area contributed by atoms with Crippen LogP contribution in [0.2, 0.25) is 0 Å². The van der Waals surface area contributed by atoms with Crippen molar-refractivity contribution in [2.45, 2.75) is 0 Å². The molecule has 0 aliphatic carbocycles. The van der Waals surface area contributed by atoms with Gasteiger partial charge in [-0.3, -0.25) is 0 Å². The van der Waals surface area contributed by atoms with Crippen LogP contribution in [0.15, 0.2) is 0 Å². The maximum atomic E-state index is 4.90. The summed E-state index contributed by atoms with van der Waals surface area (Å²) < 4.78 is 0. The molecule has 0 atom stereocenters. The van der Waals surface area contributed by atoms with Crippen LogP contribution < -0.4 is 34.4 Å². The van der Waals surface area contributed by atoms with E-state index < -0.39 is 0 Å². The van der Waals surface area contributed by atoms with E-state index in [0.717, 1.165) is 0 Å². The Bertz CT molecular complexity index is 48.5. The molecule has 0 unspecified atom stereocenters. The molecule has 2 radical (unpaired) electrons. The number of hydrogen-bond acceptors (Lipinski definition) is 6. The maximum absolute atomic E-state index is 4.90. The van der Waals surface area contributed by atoms with Gasteiger partial charge < -0.3 is 34.4 Å². The van der Waals surface area contributed by atoms with Crippen molar-refractivity contribution >= 4 is 0 Å². The molecule has 10 heteroatoms. The first-order chi connectivity index (χ1) is 5.74. The van der Waals surface area contributed by atoms with Gasteiger partial charge in [0.2, 0.25) is 0 Å². The van der Waals surface area contributed by atoms with E-state index in [1.165, 1.54) is 0 Å². The first-order valence-corrected chi connectivity index (χ1v) is 3.95. The zero-order chi connectivity index (χ0) is 10.2. The Morgan fingerprint density at radius 1 is 0.500 bits per heavy atom. The third kappa shape index (κ3) is 135. The average Bonchev–Trinajstić information content (AvgIpc) is 2.18. The Morgan fingerprint density at radius 2 is 0.562 bits per heavy atom. The Kier molecular flexibility index (Phi) is 178. The normalized spacial score (nSPS) is 5.62. The van der Waals surface area contributed by atoms with Crippen molar-refractivity contribution in [1.29, 1.82) is 0 Å². The largest absolute Gasteiger partial charge is 0.329 e. The molecular weight excluding hydrogens is 489 g/mol. The van der Waals surface area contributed by atoms with Gasteiger partial charge in [-0.15, -0.1) is 0 Å². The summed E-state index contributed by atoms with van der Waals surface area (Å²) in [4.78, 5) is 0. The topological polar surface area (TPSA) is 156 Å². The summed E-state index contributed by atoms with van der Waals surface area (Å²) in [6.07, 6.45) is 0. The maximum Gasteiger partial charge on any atom is 0.00461 e. The molecule has 0 aliphatic heterocycles. The van der Waals surface area contributed by atoms with E-state index in [1.54, 1.807) is 0 Å². The van der Waals surface area contributed by atoms with Gasteiger partial charge in [-0.05, 0) is 0 Å². The summed E-state index contributed by atoms with van der Waals surface area (Å²) >= 11 is 0. The van der Waals surface area contributed by atoms with Crippen molar-refractivity contribution in [2.24, 2.45) is 34.4 Å². The minimum atomic E-state index is 0. The monoisotopic (exact) mass is 512 g/mol. The minimum Gasteiger partial charge on any atom is -0.329 e. The molecule has 0 aliphatic rings. The molecule has 6 nitrogen and oxygen atoms in total. The zero-order valence-corrected chi connectivity index (χ0v) is 16.8. The van der Waals surface area contributed by atoms with E-state index >= 15 is 0 Å². The van der Waals surface area contributed by atoms with Gasteiger partial charge in [-0.1, -0.05) is 0 Å². The van der Waals surface area contributed by atoms with Crippen LogP contribution in [0, 0.1) is 0 Å². The van der Waals surface area contributed by atoms with E-state index in [2.05, 4.69) is 0 Å². The Morgan fingerprint density at radius 3 is 0.562 bits per heavy atom. The minimum absolute atomic E-state index is 0. The Hall–Kier alpha value is 2.33. The van der Waals surface area contributed by atoms with Gasteiger partial charge in [0.05, 0.1) is 0 Å². The van der Waals surface area contributed by atoms with Crippen LogP contribution in [0.1, 0.15) is 0 Å². The van der Waals surface area contributed by atoms with Gasteiger partial charge >= 0.3 is 0 Å². The molecule has 0 aromatic heterocycles. The number of rotatable bonds is 3. The van der Waals surface area contributed by atoms with Gasteiger partial charge in [0.25, 0.3) is 0 Å². The quantitative estimate of drug-likeness (QED) is 0.218. The summed E-state index contributed by atoms with van der Waals surface area (Å²) in [5, 5.41) is 0. The van der Waals surface area contributed by atoms with Gasteiger partial charge in [0, 0.05) is 119 Å². The van der Waals surface area contributed by atoms with Crippen LogP contribution in [0.5, 0.6) is 0 Å². The van der Waals surface area contributed by atoms with Crippen LogP contribution in [0.4, 0.5) is 0 Å². The molecule has 16 heavy (non-hydrogen) atoms. The van der Waals surface area contributed by atoms with Crippen molar-refractivity contribution < 1.29 is 80.0 Å². The first-order valence-electron chi connectivity index (χ1n) is 3.95. The molecule has 0 heterocycles. The standard InChI is InChI=1S/3C2H8N2.Ag.Cu.Mo.Zn/c3*3-1-2-4;;;;/h3*1-4H2;;;;. The van der Waals surface area contributed by atoms with Gasteiger partial charge in [0.15, 0.2) is 0 Å². The molecule has 0 amide bonds. The molecular formula is C6H24AgCuMoN6Zn. The molecule has 0 saturated heterocycles. The molecule has 0 rings (SSSR count). The number of nitrogens with two attached hydrogens (primary N) is 6. The molecule has 0 aromatic carbocycles. The summed E-state index contributed by atoms with van der Waals surface area (Å²) in [7, 11) is 0. The van der Waals surface area contributed by atoms with Crippen molar-refractivity contribution in [3.63, 3.8) is 0 Å². The summed E-state index contributed by atoms with van der Waals surface area (Å²) in [6.45, 7) is 3.58. The van der Waals surface area contributed by atoms with E-state index in [0.29, 0.717) is 39.3 Å². The smallest absolute Gasteiger partial charge is 0.00461 e. The molecule has 0 saturated carbocycles. The summed E-state index contributed by atoms with van der Waals surface area (Å²) in [6, 6.07) is 0. The fourth-order valence-electron chi connectivity index (χ4n) is 0. The van der Waals surface area contributed by atoms with Crippen LogP contribution in [0.25, 0.3) is 0 Å². The second-order valence-corrected chi connectivity index (χ2v) is 1.73. The first kappa shape index (κ1) is 42.9. The van der Waals surface area contributed by atoms with Crippen LogP contribution in [-0.2, 0) is 80.0 Å².